The van der Waals surface area contributed by atoms with Crippen molar-refractivity contribution in [1.82, 2.24) is 0 Å². The lowest BCUT2D eigenvalue weighted by molar-refractivity contribution is 0.414. The summed E-state index contributed by atoms with van der Waals surface area (Å²) in [6, 6.07) is 16.5. The Labute approximate surface area is 166 Å². The lowest BCUT2D eigenvalue weighted by Gasteiger charge is -2.34. The number of aliphatic hydroxyl groups is 2. The minimum atomic E-state index is -0.688. The average Bonchev–Trinajstić information content (AvgIpc) is 2.98. The van der Waals surface area contributed by atoms with E-state index in [4.69, 9.17) is 0 Å². The molecule has 1 aliphatic carbocycles. The molecule has 0 radical (unpaired) electrons. The van der Waals surface area contributed by atoms with Crippen LogP contribution in [0.4, 0.5) is 0 Å². The van der Waals surface area contributed by atoms with Crippen LogP contribution in [0, 0.1) is 0 Å². The molecule has 2 nitrogen and oxygen atoms in total. The van der Waals surface area contributed by atoms with Crippen molar-refractivity contribution in [2.24, 2.45) is 0 Å². The fourth-order valence-corrected chi connectivity index (χ4v) is 3.96. The molecule has 28 heavy (non-hydrogen) atoms. The smallest absolute Gasteiger partial charge is 0.108 e. The quantitative estimate of drug-likeness (QED) is 0.439. The molecule has 140 valence electrons. The van der Waals surface area contributed by atoms with Crippen LogP contribution in [0.1, 0.15) is 18.1 Å². The number of fused-ring (bicyclic) bond motifs is 3. The molecule has 0 amide bonds. The van der Waals surface area contributed by atoms with Crippen molar-refractivity contribution in [3.8, 4) is 11.1 Å². The van der Waals surface area contributed by atoms with Crippen LogP contribution in [-0.4, -0.2) is 10.2 Å². The largest absolute Gasteiger partial charge is 0.513 e. The third-order valence-electron chi connectivity index (χ3n) is 5.07. The monoisotopic (exact) mass is 368 g/mol. The maximum Gasteiger partial charge on any atom is 0.108 e. The minimum absolute atomic E-state index is 0.0360. The van der Waals surface area contributed by atoms with Crippen LogP contribution in [0.2, 0.25) is 0 Å². The van der Waals surface area contributed by atoms with Crippen molar-refractivity contribution in [3.63, 3.8) is 0 Å². The molecule has 0 fully saturated rings. The van der Waals surface area contributed by atoms with Gasteiger partial charge in [-0.15, -0.1) is 0 Å². The predicted octanol–water partition coefficient (Wildman–Crippen LogP) is 6.71. The van der Waals surface area contributed by atoms with Gasteiger partial charge in [0.25, 0.3) is 0 Å². The maximum atomic E-state index is 9.73. The number of rotatable bonds is 6. The van der Waals surface area contributed by atoms with Gasteiger partial charge in [0.2, 0.25) is 0 Å². The number of hydrogen-bond donors (Lipinski definition) is 2. The van der Waals surface area contributed by atoms with Crippen LogP contribution in [0.25, 0.3) is 11.1 Å². The summed E-state index contributed by atoms with van der Waals surface area (Å²) < 4.78 is 0. The highest BCUT2D eigenvalue weighted by Crippen LogP contribution is 2.56. The van der Waals surface area contributed by atoms with Gasteiger partial charge in [-0.05, 0) is 52.5 Å². The maximum absolute atomic E-state index is 9.73. The fourth-order valence-electron chi connectivity index (χ4n) is 3.96. The van der Waals surface area contributed by atoms with Crippen LogP contribution >= 0.6 is 0 Å². The van der Waals surface area contributed by atoms with Crippen LogP contribution in [0.15, 0.2) is 121 Å². The topological polar surface area (TPSA) is 40.5 Å². The molecule has 0 saturated heterocycles. The molecule has 0 heterocycles. The Bertz CT molecular complexity index is 998. The molecular formula is C26H24O2. The van der Waals surface area contributed by atoms with E-state index in [0.717, 1.165) is 33.4 Å². The molecule has 0 saturated carbocycles. The Balaban J connectivity index is 2.42. The molecule has 2 aromatic carbocycles. The summed E-state index contributed by atoms with van der Waals surface area (Å²) in [6.07, 6.45) is 8.65. The summed E-state index contributed by atoms with van der Waals surface area (Å²) in [4.78, 5) is 0. The first-order valence-corrected chi connectivity index (χ1v) is 9.08. The van der Waals surface area contributed by atoms with Gasteiger partial charge >= 0.3 is 0 Å². The van der Waals surface area contributed by atoms with Crippen molar-refractivity contribution >= 4 is 0 Å². The molecule has 2 heteroatoms. The third-order valence-corrected chi connectivity index (χ3v) is 5.07. The fraction of sp³-hybridized carbons (Fsp3) is 0.0769. The Kier molecular flexibility index (Phi) is 5.23. The molecule has 2 aromatic rings. The Morgan fingerprint density at radius 2 is 1.39 bits per heavy atom. The molecule has 0 bridgehead atoms. The van der Waals surface area contributed by atoms with Gasteiger partial charge in [-0.25, -0.2) is 0 Å². The molecular weight excluding hydrogens is 344 g/mol. The van der Waals surface area contributed by atoms with Gasteiger partial charge in [0.15, 0.2) is 0 Å². The van der Waals surface area contributed by atoms with Gasteiger partial charge in [0.1, 0.15) is 5.76 Å². The van der Waals surface area contributed by atoms with Crippen LogP contribution in [0.5, 0.6) is 0 Å². The van der Waals surface area contributed by atoms with Crippen LogP contribution in [0.3, 0.4) is 0 Å². The van der Waals surface area contributed by atoms with Gasteiger partial charge < -0.3 is 10.2 Å². The Hall–Kier alpha value is -3.52. The second-order valence-electron chi connectivity index (χ2n) is 6.83. The summed E-state index contributed by atoms with van der Waals surface area (Å²) in [5.74, 6) is 0.171. The molecule has 0 spiro atoms. The van der Waals surface area contributed by atoms with E-state index in [1.165, 1.54) is 0 Å². The number of benzene rings is 2. The standard InChI is InChI=1S/C26H24O2/c1-5-21(17-16-20(4)28)26(18(2)14-15-19(3)27)24-12-8-6-10-22(24)23-11-7-9-13-25(23)26/h5-17,27-28H,1-3H2,4H3/b15-14-,20-16+,21-17+. The zero-order chi connectivity index (χ0) is 20.3. The second-order valence-corrected chi connectivity index (χ2v) is 6.83. The van der Waals surface area contributed by atoms with Crippen molar-refractivity contribution in [2.75, 3.05) is 0 Å². The van der Waals surface area contributed by atoms with Crippen molar-refractivity contribution in [3.05, 3.63) is 132 Å². The lowest BCUT2D eigenvalue weighted by Crippen LogP contribution is -2.29. The first-order chi connectivity index (χ1) is 13.4. The van der Waals surface area contributed by atoms with Gasteiger partial charge in [-0.3, -0.25) is 0 Å². The average molecular weight is 368 g/mol. The normalized spacial score (nSPS) is 15.2. The van der Waals surface area contributed by atoms with Crippen molar-refractivity contribution in [1.29, 1.82) is 0 Å². The highest BCUT2D eigenvalue weighted by molar-refractivity contribution is 5.86. The van der Waals surface area contributed by atoms with Crippen molar-refractivity contribution in [2.45, 2.75) is 12.3 Å². The zero-order valence-electron chi connectivity index (χ0n) is 16.0. The zero-order valence-corrected chi connectivity index (χ0v) is 16.0. The van der Waals surface area contributed by atoms with E-state index in [9.17, 15) is 10.2 Å². The number of allylic oxidation sites excluding steroid dienone is 8. The van der Waals surface area contributed by atoms with Gasteiger partial charge in [-0.1, -0.05) is 86.5 Å². The molecule has 2 N–H and O–H groups in total. The molecule has 1 aliphatic rings. The summed E-state index contributed by atoms with van der Waals surface area (Å²) in [6.45, 7) is 13.6. The SMILES string of the molecule is C=C/C(=C\C=C(/C)O)C1(C(=C)/C=C\C(=C)O)c2ccccc2-c2ccccc21. The van der Waals surface area contributed by atoms with Gasteiger partial charge in [0, 0.05) is 0 Å². The molecule has 0 unspecified atom stereocenters. The number of hydrogen-bond acceptors (Lipinski definition) is 2. The van der Waals surface area contributed by atoms with E-state index < -0.39 is 5.41 Å². The van der Waals surface area contributed by atoms with E-state index in [1.54, 1.807) is 31.2 Å². The van der Waals surface area contributed by atoms with Gasteiger partial charge in [-0.2, -0.15) is 0 Å². The summed E-state index contributed by atoms with van der Waals surface area (Å²) in [7, 11) is 0. The second kappa shape index (κ2) is 7.61. The van der Waals surface area contributed by atoms with Crippen LogP contribution < -0.4 is 0 Å². The van der Waals surface area contributed by atoms with Crippen LogP contribution in [-0.2, 0) is 5.41 Å². The summed E-state index contributed by atoms with van der Waals surface area (Å²) >= 11 is 0. The van der Waals surface area contributed by atoms with Gasteiger partial charge in [0.05, 0.1) is 11.2 Å². The van der Waals surface area contributed by atoms with E-state index >= 15 is 0 Å². The predicted molar refractivity (Wildman–Crippen MR) is 117 cm³/mol. The third kappa shape index (κ3) is 3.03. The molecule has 3 rings (SSSR count). The first kappa shape index (κ1) is 19.2. The first-order valence-electron chi connectivity index (χ1n) is 9.08. The lowest BCUT2D eigenvalue weighted by atomic mass is 9.67. The summed E-state index contributed by atoms with van der Waals surface area (Å²) in [5.41, 5.74) is 5.41. The van der Waals surface area contributed by atoms with E-state index in [0.29, 0.717) is 0 Å². The Morgan fingerprint density at radius 3 is 1.86 bits per heavy atom. The highest BCUT2D eigenvalue weighted by Gasteiger charge is 2.46. The van der Waals surface area contributed by atoms with E-state index in [1.807, 2.05) is 30.3 Å². The van der Waals surface area contributed by atoms with E-state index in [2.05, 4.69) is 44.0 Å². The molecule has 0 atom stereocenters. The summed E-state index contributed by atoms with van der Waals surface area (Å²) in [5, 5.41) is 19.3. The van der Waals surface area contributed by atoms with Crippen molar-refractivity contribution < 1.29 is 10.2 Å². The number of aliphatic hydroxyl groups excluding tert-OH is 2. The molecule has 0 aliphatic heterocycles. The van der Waals surface area contributed by atoms with E-state index in [-0.39, 0.29) is 11.5 Å². The highest BCUT2D eigenvalue weighted by atomic mass is 16.3. The Morgan fingerprint density at radius 1 is 0.857 bits per heavy atom. The molecule has 0 aromatic heterocycles. The minimum Gasteiger partial charge on any atom is -0.513 e.